The number of aromatic nitrogens is 6. The summed E-state index contributed by atoms with van der Waals surface area (Å²) < 4.78 is 7.13. The van der Waals surface area contributed by atoms with E-state index in [0.29, 0.717) is 17.5 Å². The molecule has 9 aromatic carbocycles. The van der Waals surface area contributed by atoms with Gasteiger partial charge in [0.2, 0.25) is 0 Å². The lowest BCUT2D eigenvalue weighted by atomic mass is 10.1. The van der Waals surface area contributed by atoms with Crippen LogP contribution in [0.25, 0.3) is 127 Å². The maximum atomic E-state index is 5.54. The van der Waals surface area contributed by atoms with Gasteiger partial charge in [0.1, 0.15) is 0 Å². The molecule has 5 aromatic heterocycles. The first-order valence-corrected chi connectivity index (χ1v) is 21.4. The van der Waals surface area contributed by atoms with Crippen molar-refractivity contribution in [2.45, 2.75) is 0 Å². The third-order valence-electron chi connectivity index (χ3n) is 13.1. The number of hydrogen-bond donors (Lipinski definition) is 0. The zero-order valence-corrected chi connectivity index (χ0v) is 33.8. The molecule has 0 aliphatic rings. The molecule has 5 heterocycles. The molecule has 0 saturated heterocycles. The van der Waals surface area contributed by atoms with Gasteiger partial charge in [0.05, 0.1) is 50.0 Å². The highest BCUT2D eigenvalue weighted by atomic mass is 15.1. The fourth-order valence-electron chi connectivity index (χ4n) is 10.5. The van der Waals surface area contributed by atoms with E-state index in [1.165, 1.54) is 48.6 Å². The summed E-state index contributed by atoms with van der Waals surface area (Å²) >= 11 is 0. The third-order valence-corrected chi connectivity index (χ3v) is 13.1. The minimum Gasteiger partial charge on any atom is -0.309 e. The van der Waals surface area contributed by atoms with Crippen LogP contribution in [0.2, 0.25) is 0 Å². The SMILES string of the molecule is c1ccc(-n2c3ccccc3c3ccccc32)c(-c2nc(-c3ccccc3-n3c4ccccc4c4ccccc43)nc(-c3cccc4c5cccc6c7ccccc7n(c34)c65)n2)c1. The maximum Gasteiger partial charge on any atom is 0.166 e. The predicted octanol–water partition coefficient (Wildman–Crippen LogP) is 14.2. The lowest BCUT2D eigenvalue weighted by molar-refractivity contribution is 1.06. The second kappa shape index (κ2) is 12.9. The highest BCUT2D eigenvalue weighted by Gasteiger charge is 2.25. The first kappa shape index (κ1) is 34.1. The number of rotatable bonds is 5. The van der Waals surface area contributed by atoms with Crippen LogP contribution in [0.3, 0.4) is 0 Å². The highest BCUT2D eigenvalue weighted by Crippen LogP contribution is 2.43. The third kappa shape index (κ3) is 4.74. The van der Waals surface area contributed by atoms with Gasteiger partial charge in [-0.3, -0.25) is 0 Å². The van der Waals surface area contributed by atoms with Crippen LogP contribution in [0.4, 0.5) is 0 Å². The minimum atomic E-state index is 0.597. The fourth-order valence-corrected chi connectivity index (χ4v) is 10.5. The van der Waals surface area contributed by atoms with Crippen molar-refractivity contribution in [2.75, 3.05) is 0 Å². The molecule has 292 valence electrons. The molecule has 6 heteroatoms. The van der Waals surface area contributed by atoms with E-state index in [0.717, 1.165) is 61.2 Å². The van der Waals surface area contributed by atoms with Gasteiger partial charge in [-0.15, -0.1) is 0 Å². The minimum absolute atomic E-state index is 0.597. The average Bonchev–Trinajstić information content (AvgIpc) is 4.09. The summed E-state index contributed by atoms with van der Waals surface area (Å²) in [6.07, 6.45) is 0. The predicted molar refractivity (Wildman–Crippen MR) is 259 cm³/mol. The van der Waals surface area contributed by atoms with Gasteiger partial charge in [-0.25, -0.2) is 15.0 Å². The number of fused-ring (bicyclic) bond motifs is 12. The van der Waals surface area contributed by atoms with Crippen LogP contribution in [-0.2, 0) is 0 Å². The molecular weight excluding hydrogens is 769 g/mol. The van der Waals surface area contributed by atoms with E-state index in [4.69, 9.17) is 15.0 Å². The summed E-state index contributed by atoms with van der Waals surface area (Å²) in [6, 6.07) is 73.5. The first-order valence-electron chi connectivity index (χ1n) is 21.4. The highest BCUT2D eigenvalue weighted by molar-refractivity contribution is 6.25. The fraction of sp³-hybridized carbons (Fsp3) is 0. The van der Waals surface area contributed by atoms with E-state index in [2.05, 4.69) is 220 Å². The first-order chi connectivity index (χ1) is 31.3. The number of para-hydroxylation sites is 9. The lowest BCUT2D eigenvalue weighted by Gasteiger charge is -2.16. The molecule has 0 aliphatic carbocycles. The smallest absolute Gasteiger partial charge is 0.166 e. The zero-order chi connectivity index (χ0) is 41.2. The molecule has 0 aliphatic heterocycles. The Bertz CT molecular complexity index is 3890. The molecule has 0 spiro atoms. The lowest BCUT2D eigenvalue weighted by Crippen LogP contribution is -2.05. The average molecular weight is 803 g/mol. The Balaban J connectivity index is 1.10. The molecule has 6 nitrogen and oxygen atoms in total. The van der Waals surface area contributed by atoms with Crippen molar-refractivity contribution in [1.29, 1.82) is 0 Å². The van der Waals surface area contributed by atoms with Crippen molar-refractivity contribution in [1.82, 2.24) is 28.5 Å². The monoisotopic (exact) mass is 802 g/mol. The van der Waals surface area contributed by atoms with Crippen LogP contribution in [0, 0.1) is 0 Å². The van der Waals surface area contributed by atoms with Crippen molar-refractivity contribution < 1.29 is 0 Å². The van der Waals surface area contributed by atoms with Crippen molar-refractivity contribution in [2.24, 2.45) is 0 Å². The number of nitrogens with zero attached hydrogens (tertiary/aromatic N) is 6. The Hall–Kier alpha value is -8.61. The van der Waals surface area contributed by atoms with Crippen molar-refractivity contribution in [3.8, 4) is 45.5 Å². The summed E-state index contributed by atoms with van der Waals surface area (Å²) in [5, 5.41) is 9.64. The van der Waals surface area contributed by atoms with Gasteiger partial charge >= 0.3 is 0 Å². The molecule has 0 bridgehead atoms. The van der Waals surface area contributed by atoms with E-state index in [1.807, 2.05) is 0 Å². The maximum absolute atomic E-state index is 5.54. The number of hydrogen-bond acceptors (Lipinski definition) is 3. The van der Waals surface area contributed by atoms with Crippen molar-refractivity contribution in [3.05, 3.63) is 206 Å². The van der Waals surface area contributed by atoms with Gasteiger partial charge in [-0.1, -0.05) is 146 Å². The molecule has 0 atom stereocenters. The normalized spacial score (nSPS) is 12.1. The Kier molecular flexibility index (Phi) is 7.02. The molecule has 0 saturated carbocycles. The van der Waals surface area contributed by atoms with E-state index in [1.54, 1.807) is 0 Å². The second-order valence-corrected chi connectivity index (χ2v) is 16.3. The summed E-state index contributed by atoms with van der Waals surface area (Å²) in [5.74, 6) is 1.81. The molecule has 0 N–H and O–H groups in total. The molecule has 0 unspecified atom stereocenters. The Morgan fingerprint density at radius 1 is 0.238 bits per heavy atom. The van der Waals surface area contributed by atoms with Gasteiger partial charge < -0.3 is 13.5 Å². The molecule has 14 rings (SSSR count). The van der Waals surface area contributed by atoms with Crippen LogP contribution >= 0.6 is 0 Å². The molecule has 14 aromatic rings. The van der Waals surface area contributed by atoms with Crippen LogP contribution in [0.5, 0.6) is 0 Å². The summed E-state index contributed by atoms with van der Waals surface area (Å²) in [4.78, 5) is 16.6. The molecule has 0 fully saturated rings. The largest absolute Gasteiger partial charge is 0.309 e. The van der Waals surface area contributed by atoms with Crippen molar-refractivity contribution in [3.63, 3.8) is 0 Å². The molecule has 0 amide bonds. The van der Waals surface area contributed by atoms with Gasteiger partial charge in [-0.05, 0) is 60.7 Å². The molecular formula is C57H34N6. The van der Waals surface area contributed by atoms with E-state index in [-0.39, 0.29) is 0 Å². The van der Waals surface area contributed by atoms with Crippen molar-refractivity contribution >= 4 is 81.7 Å². The molecule has 0 radical (unpaired) electrons. The Morgan fingerprint density at radius 2 is 0.540 bits per heavy atom. The standard InChI is InChI=1S/C57H34N6/c1-8-28-46-35(17-1)36-18-2-9-29-47(36)61(46)51-33-13-6-22-43(51)55-58-56(44-23-7-14-34-52(44)62-48-30-10-3-19-37(48)38-20-4-11-31-49(38)62)60-57(59-55)45-27-16-26-42-41-25-15-24-40-39-21-5-12-32-50(39)63(53(40)41)54(42)45/h1-34H. The summed E-state index contributed by atoms with van der Waals surface area (Å²) in [7, 11) is 0. The second-order valence-electron chi connectivity index (χ2n) is 16.3. The van der Waals surface area contributed by atoms with Gasteiger partial charge in [0, 0.05) is 59.8 Å². The zero-order valence-electron chi connectivity index (χ0n) is 33.8. The molecule has 63 heavy (non-hydrogen) atoms. The quantitative estimate of drug-likeness (QED) is 0.174. The van der Waals surface area contributed by atoms with E-state index in [9.17, 15) is 0 Å². The van der Waals surface area contributed by atoms with Crippen LogP contribution in [0.15, 0.2) is 206 Å². The topological polar surface area (TPSA) is 52.9 Å². The summed E-state index contributed by atoms with van der Waals surface area (Å²) in [6.45, 7) is 0. The number of benzene rings is 9. The van der Waals surface area contributed by atoms with E-state index >= 15 is 0 Å². The van der Waals surface area contributed by atoms with Gasteiger partial charge in [-0.2, -0.15) is 0 Å². The Labute approximate surface area is 360 Å². The van der Waals surface area contributed by atoms with Gasteiger partial charge in [0.25, 0.3) is 0 Å². The Morgan fingerprint density at radius 3 is 1.02 bits per heavy atom. The van der Waals surface area contributed by atoms with E-state index < -0.39 is 0 Å². The summed E-state index contributed by atoms with van der Waals surface area (Å²) in [5.41, 5.74) is 12.7. The van der Waals surface area contributed by atoms with Crippen LogP contribution in [0.1, 0.15) is 0 Å². The van der Waals surface area contributed by atoms with Crippen LogP contribution in [-0.4, -0.2) is 28.5 Å². The van der Waals surface area contributed by atoms with Gasteiger partial charge in [0.15, 0.2) is 17.5 Å². The van der Waals surface area contributed by atoms with Crippen LogP contribution < -0.4 is 0 Å².